The molecule has 1 atom stereocenters. The van der Waals surface area contributed by atoms with Gasteiger partial charge in [0.05, 0.1) is 24.2 Å². The molecule has 0 aromatic heterocycles. The molecule has 0 bridgehead atoms. The van der Waals surface area contributed by atoms with Gasteiger partial charge < -0.3 is 20.4 Å². The van der Waals surface area contributed by atoms with Crippen molar-refractivity contribution < 1.29 is 30.0 Å². The number of aromatic carboxylic acids is 1. The van der Waals surface area contributed by atoms with Gasteiger partial charge in [-0.2, -0.15) is 0 Å². The molecular formula is C19H32O6. The van der Waals surface area contributed by atoms with Gasteiger partial charge in [0, 0.05) is 5.41 Å². The maximum Gasteiger partial charge on any atom is 0.335 e. The van der Waals surface area contributed by atoms with E-state index in [1.54, 1.807) is 44.2 Å². The second kappa shape index (κ2) is 12.4. The Morgan fingerprint density at radius 2 is 1.40 bits per heavy atom. The van der Waals surface area contributed by atoms with E-state index in [-0.39, 0.29) is 23.9 Å². The van der Waals surface area contributed by atoms with Crippen molar-refractivity contribution in [3.63, 3.8) is 0 Å². The minimum absolute atomic E-state index is 0.0341. The summed E-state index contributed by atoms with van der Waals surface area (Å²) >= 11 is 0. The van der Waals surface area contributed by atoms with E-state index in [1.807, 2.05) is 27.7 Å². The van der Waals surface area contributed by atoms with Crippen molar-refractivity contribution in [2.45, 2.75) is 47.6 Å². The Morgan fingerprint density at radius 3 is 1.56 bits per heavy atom. The Labute approximate surface area is 150 Å². The highest BCUT2D eigenvalue weighted by molar-refractivity contribution is 5.87. The lowest BCUT2D eigenvalue weighted by molar-refractivity contribution is -0.140. The maximum atomic E-state index is 10.2. The topological polar surface area (TPSA) is 115 Å². The zero-order valence-electron chi connectivity index (χ0n) is 15.9. The molecule has 0 aliphatic rings. The first-order valence-electron chi connectivity index (χ1n) is 8.16. The third kappa shape index (κ3) is 12.1. The van der Waals surface area contributed by atoms with Crippen LogP contribution in [-0.4, -0.2) is 45.1 Å². The molecule has 25 heavy (non-hydrogen) atoms. The van der Waals surface area contributed by atoms with E-state index in [0.29, 0.717) is 5.56 Å². The number of carbonyl (C=O) groups is 2. The van der Waals surface area contributed by atoms with Crippen molar-refractivity contribution in [2.75, 3.05) is 6.61 Å². The fraction of sp³-hybridized carbons (Fsp3) is 0.579. The number of benzene rings is 1. The summed E-state index contributed by atoms with van der Waals surface area (Å²) in [4.78, 5) is 19.9. The number of carboxylic acid groups (broad SMARTS) is 2. The molecule has 0 saturated heterocycles. The van der Waals surface area contributed by atoms with E-state index >= 15 is 0 Å². The smallest absolute Gasteiger partial charge is 0.335 e. The summed E-state index contributed by atoms with van der Waals surface area (Å²) in [5, 5.41) is 34.7. The first-order chi connectivity index (χ1) is 11.4. The first kappa shape index (κ1) is 25.3. The van der Waals surface area contributed by atoms with Gasteiger partial charge in [0.15, 0.2) is 0 Å². The van der Waals surface area contributed by atoms with Gasteiger partial charge in [-0.05, 0) is 18.1 Å². The Bertz CT molecular complexity index is 494. The molecule has 4 N–H and O–H groups in total. The zero-order valence-corrected chi connectivity index (χ0v) is 15.9. The molecule has 0 fully saturated rings. The van der Waals surface area contributed by atoms with Gasteiger partial charge in [0.2, 0.25) is 0 Å². The molecule has 0 spiro atoms. The molecule has 6 nitrogen and oxygen atoms in total. The Hall–Kier alpha value is -1.92. The number of aliphatic carboxylic acids is 1. The van der Waals surface area contributed by atoms with Crippen LogP contribution < -0.4 is 0 Å². The first-order valence-corrected chi connectivity index (χ1v) is 8.16. The highest BCUT2D eigenvalue weighted by Gasteiger charge is 2.28. The van der Waals surface area contributed by atoms with Crippen LogP contribution in [-0.2, 0) is 4.79 Å². The third-order valence-electron chi connectivity index (χ3n) is 3.35. The fourth-order valence-corrected chi connectivity index (χ4v) is 1.58. The van der Waals surface area contributed by atoms with Crippen molar-refractivity contribution in [3.05, 3.63) is 35.9 Å². The van der Waals surface area contributed by atoms with E-state index < -0.39 is 18.0 Å². The molecule has 1 aromatic carbocycles. The Kier molecular flexibility index (Phi) is 12.6. The van der Waals surface area contributed by atoms with E-state index in [1.165, 1.54) is 0 Å². The summed E-state index contributed by atoms with van der Waals surface area (Å²) < 4.78 is 0. The average Bonchev–Trinajstić information content (AvgIpc) is 2.55. The Balaban J connectivity index is 0. The third-order valence-corrected chi connectivity index (χ3v) is 3.35. The van der Waals surface area contributed by atoms with Crippen LogP contribution in [0.4, 0.5) is 0 Å². The van der Waals surface area contributed by atoms with Crippen LogP contribution in [0.1, 0.15) is 51.9 Å². The van der Waals surface area contributed by atoms with Gasteiger partial charge in [-0.3, -0.25) is 4.79 Å². The molecule has 0 radical (unpaired) electrons. The molecule has 0 aliphatic carbocycles. The molecule has 0 aliphatic heterocycles. The Morgan fingerprint density at radius 1 is 1.00 bits per heavy atom. The SMILES string of the molecule is CC(C)C(=O)O.CC(C)C(O)C(C)(C)CO.O=C(O)c1ccccc1. The van der Waals surface area contributed by atoms with E-state index in [0.717, 1.165) is 0 Å². The van der Waals surface area contributed by atoms with Crippen LogP contribution in [0.2, 0.25) is 0 Å². The lowest BCUT2D eigenvalue weighted by Gasteiger charge is -2.30. The van der Waals surface area contributed by atoms with Crippen LogP contribution in [0.3, 0.4) is 0 Å². The minimum atomic E-state index is -0.879. The van der Waals surface area contributed by atoms with Crippen LogP contribution >= 0.6 is 0 Å². The lowest BCUT2D eigenvalue weighted by Crippen LogP contribution is -2.36. The number of hydrogen-bond donors (Lipinski definition) is 4. The molecule has 0 amide bonds. The van der Waals surface area contributed by atoms with Crippen molar-refractivity contribution in [2.24, 2.45) is 17.3 Å². The fourth-order valence-electron chi connectivity index (χ4n) is 1.58. The summed E-state index contributed by atoms with van der Waals surface area (Å²) in [6.45, 7) is 10.9. The second-order valence-electron chi connectivity index (χ2n) is 7.00. The van der Waals surface area contributed by atoms with Crippen molar-refractivity contribution >= 4 is 11.9 Å². The monoisotopic (exact) mass is 356 g/mol. The maximum absolute atomic E-state index is 10.2. The summed E-state index contributed by atoms with van der Waals surface area (Å²) in [7, 11) is 0. The quantitative estimate of drug-likeness (QED) is 0.644. The van der Waals surface area contributed by atoms with E-state index in [4.69, 9.17) is 15.3 Å². The van der Waals surface area contributed by atoms with Crippen molar-refractivity contribution in [1.82, 2.24) is 0 Å². The van der Waals surface area contributed by atoms with Gasteiger partial charge in [0.1, 0.15) is 0 Å². The number of aliphatic hydroxyl groups is 2. The number of carboxylic acids is 2. The summed E-state index contributed by atoms with van der Waals surface area (Å²) in [6, 6.07) is 8.30. The lowest BCUT2D eigenvalue weighted by atomic mass is 9.82. The molecule has 0 heterocycles. The van der Waals surface area contributed by atoms with E-state index in [2.05, 4.69) is 0 Å². The van der Waals surface area contributed by atoms with Crippen LogP contribution in [0.25, 0.3) is 0 Å². The highest BCUT2D eigenvalue weighted by Crippen LogP contribution is 2.24. The van der Waals surface area contributed by atoms with Gasteiger partial charge in [-0.15, -0.1) is 0 Å². The molecular weight excluding hydrogens is 324 g/mol. The summed E-state index contributed by atoms with van der Waals surface area (Å²) in [6.07, 6.45) is -0.419. The largest absolute Gasteiger partial charge is 0.481 e. The zero-order chi connectivity index (χ0) is 20.2. The van der Waals surface area contributed by atoms with Crippen LogP contribution in [0.15, 0.2) is 30.3 Å². The predicted octanol–water partition coefficient (Wildman–Crippen LogP) is 3.13. The van der Waals surface area contributed by atoms with Crippen LogP contribution in [0.5, 0.6) is 0 Å². The van der Waals surface area contributed by atoms with Crippen molar-refractivity contribution in [3.8, 4) is 0 Å². The highest BCUT2D eigenvalue weighted by atomic mass is 16.4. The number of aliphatic hydroxyl groups excluding tert-OH is 2. The minimum Gasteiger partial charge on any atom is -0.481 e. The molecule has 6 heteroatoms. The molecule has 1 aromatic rings. The van der Waals surface area contributed by atoms with Gasteiger partial charge in [0.25, 0.3) is 0 Å². The molecule has 0 saturated carbocycles. The second-order valence-corrected chi connectivity index (χ2v) is 7.00. The number of hydrogen-bond acceptors (Lipinski definition) is 4. The normalized spacial score (nSPS) is 11.8. The predicted molar refractivity (Wildman–Crippen MR) is 97.6 cm³/mol. The summed E-state index contributed by atoms with van der Waals surface area (Å²) in [5.74, 6) is -1.64. The number of rotatable bonds is 5. The van der Waals surface area contributed by atoms with Gasteiger partial charge >= 0.3 is 11.9 Å². The molecule has 1 unspecified atom stereocenters. The van der Waals surface area contributed by atoms with Gasteiger partial charge in [-0.25, -0.2) is 4.79 Å². The van der Waals surface area contributed by atoms with Crippen LogP contribution in [0, 0.1) is 17.3 Å². The summed E-state index contributed by atoms with van der Waals surface area (Å²) in [5.41, 5.74) is -0.0359. The van der Waals surface area contributed by atoms with Crippen molar-refractivity contribution in [1.29, 1.82) is 0 Å². The average molecular weight is 356 g/mol. The van der Waals surface area contributed by atoms with E-state index in [9.17, 15) is 14.7 Å². The standard InChI is InChI=1S/C8H18O2.C7H6O2.C4H8O2/c1-6(2)7(10)8(3,4)5-9;8-7(9)6-4-2-1-3-5-6;1-3(2)4(5)6/h6-7,9-10H,5H2,1-4H3;1-5H,(H,8,9);3H,1-2H3,(H,5,6). The molecule has 1 rings (SSSR count). The van der Waals surface area contributed by atoms with Gasteiger partial charge in [-0.1, -0.05) is 59.7 Å². The molecule has 144 valence electrons.